The SMILES string of the molecule is CC1(C)CC[C@@]2(C(=O)O)C(C1)C1=CCC3C4(C)CCC(OC5OC(C(=O)O)C(O)C(OC6OCC(O)C(O)C6O)C5OC5OC(CO)C(O)C(O)C5O)[C@@](C)(C=O)C4CCC3(C)[C@]1(C)C[C@H]2O. The maximum Gasteiger partial charge on any atom is 0.335 e. The molecule has 5 aliphatic carbocycles. The summed E-state index contributed by atoms with van der Waals surface area (Å²) in [5.74, 6) is -3.36. The first kappa shape index (κ1) is 51.1. The zero-order valence-corrected chi connectivity index (χ0v) is 39.0. The lowest BCUT2D eigenvalue weighted by Crippen LogP contribution is -2.69. The lowest BCUT2D eigenvalue weighted by molar-refractivity contribution is -0.391. The predicted molar refractivity (Wildman–Crippen MR) is 227 cm³/mol. The van der Waals surface area contributed by atoms with Crippen molar-refractivity contribution in [2.24, 2.45) is 50.2 Å². The van der Waals surface area contributed by atoms with E-state index in [1.807, 2.05) is 0 Å². The molecule has 67 heavy (non-hydrogen) atoms. The van der Waals surface area contributed by atoms with E-state index in [1.165, 1.54) is 0 Å². The number of fused-ring (bicyclic) bond motifs is 7. The van der Waals surface area contributed by atoms with Crippen LogP contribution in [-0.2, 0) is 42.8 Å². The van der Waals surface area contributed by atoms with Crippen molar-refractivity contribution in [3.8, 4) is 0 Å². The standard InChI is InChI=1S/C47H72O20/c1-42(2)13-14-47(41(60)61)21(15-42)20-7-8-25-43(3)11-10-27(44(4,19-49)24(43)9-12-45(25,5)46(20,6)16-26(47)51)64-40-36(67-39-32(56)30(54)29(53)23(17-48)63-39)34(33(57)35(66-40)37(58)59)65-38-31(55)28(52)22(50)18-62-38/h7,19,21-36,38-40,48,50-57H,8-18H2,1-6H3,(H,58,59)(H,60,61)/t21?,22?,23?,24?,25?,26-,27?,28?,29?,30?,31?,32?,33?,34?,35?,36?,38?,39?,40?,43?,44+,45?,46-,47-/m1/s1. The van der Waals surface area contributed by atoms with Gasteiger partial charge in [0.1, 0.15) is 72.7 Å². The number of hydrogen-bond acceptors (Lipinski definition) is 18. The van der Waals surface area contributed by atoms with Gasteiger partial charge in [0, 0.05) is 0 Å². The molecular weight excluding hydrogens is 884 g/mol. The molecule has 3 aliphatic heterocycles. The monoisotopic (exact) mass is 956 g/mol. The fourth-order valence-electron chi connectivity index (χ4n) is 14.8. The van der Waals surface area contributed by atoms with Crippen LogP contribution in [0.4, 0.5) is 0 Å². The molecule has 3 heterocycles. The number of rotatable bonds is 10. The number of carboxylic acids is 2. The molecule has 0 aromatic heterocycles. The number of aldehydes is 1. The van der Waals surface area contributed by atoms with Gasteiger partial charge in [-0.25, -0.2) is 4.79 Å². The molecule has 380 valence electrons. The highest BCUT2D eigenvalue weighted by atomic mass is 16.8. The van der Waals surface area contributed by atoms with E-state index < -0.39 is 150 Å². The summed E-state index contributed by atoms with van der Waals surface area (Å²) in [5.41, 5.74) is -3.10. The van der Waals surface area contributed by atoms with E-state index in [0.717, 1.165) is 11.9 Å². The average molecular weight is 957 g/mol. The van der Waals surface area contributed by atoms with E-state index in [1.54, 1.807) is 6.92 Å². The van der Waals surface area contributed by atoms with Crippen LogP contribution in [0.25, 0.3) is 0 Å². The number of aliphatic hydroxyl groups excluding tert-OH is 9. The van der Waals surface area contributed by atoms with Gasteiger partial charge in [0.15, 0.2) is 25.0 Å². The van der Waals surface area contributed by atoms with Gasteiger partial charge in [-0.1, -0.05) is 53.2 Å². The van der Waals surface area contributed by atoms with Crippen molar-refractivity contribution in [3.05, 3.63) is 11.6 Å². The maximum absolute atomic E-state index is 13.8. The second kappa shape index (κ2) is 17.8. The third-order valence-corrected chi connectivity index (χ3v) is 18.9. The van der Waals surface area contributed by atoms with Crippen molar-refractivity contribution < 1.29 is 99.0 Å². The first-order valence-electron chi connectivity index (χ1n) is 23.8. The van der Waals surface area contributed by atoms with Gasteiger partial charge in [-0.3, -0.25) is 4.79 Å². The van der Waals surface area contributed by atoms with Gasteiger partial charge < -0.3 is 89.4 Å². The summed E-state index contributed by atoms with van der Waals surface area (Å²) in [6, 6.07) is 0. The fourth-order valence-corrected chi connectivity index (χ4v) is 14.8. The molecule has 20 unspecified atom stereocenters. The number of carbonyl (C=O) groups is 3. The van der Waals surface area contributed by atoms with Crippen LogP contribution in [0.5, 0.6) is 0 Å². The molecule has 11 N–H and O–H groups in total. The molecule has 7 fully saturated rings. The third kappa shape index (κ3) is 7.78. The summed E-state index contributed by atoms with van der Waals surface area (Å²) in [7, 11) is 0. The minimum absolute atomic E-state index is 0.0258. The highest BCUT2D eigenvalue weighted by Gasteiger charge is 2.72. The quantitative estimate of drug-likeness (QED) is 0.0753. The van der Waals surface area contributed by atoms with Crippen molar-refractivity contribution in [2.75, 3.05) is 13.2 Å². The Bertz CT molecular complexity index is 1910. The molecule has 8 rings (SSSR count). The first-order valence-corrected chi connectivity index (χ1v) is 23.8. The van der Waals surface area contributed by atoms with Gasteiger partial charge >= 0.3 is 11.9 Å². The van der Waals surface area contributed by atoms with Gasteiger partial charge in [-0.15, -0.1) is 0 Å². The summed E-state index contributed by atoms with van der Waals surface area (Å²) in [6.45, 7) is 11.3. The predicted octanol–water partition coefficient (Wildman–Crippen LogP) is -0.413. The van der Waals surface area contributed by atoms with Crippen molar-refractivity contribution in [1.82, 2.24) is 0 Å². The summed E-state index contributed by atoms with van der Waals surface area (Å²) in [6.07, 6.45) is -20.5. The molecule has 20 nitrogen and oxygen atoms in total. The Balaban J connectivity index is 1.13. The number of carboxylic acid groups (broad SMARTS) is 2. The zero-order chi connectivity index (χ0) is 49.1. The van der Waals surface area contributed by atoms with Crippen molar-refractivity contribution >= 4 is 18.2 Å². The second-order valence-corrected chi connectivity index (χ2v) is 22.8. The molecule has 24 atom stereocenters. The summed E-state index contributed by atoms with van der Waals surface area (Å²) >= 11 is 0. The number of ether oxygens (including phenoxy) is 6. The van der Waals surface area contributed by atoms with Crippen LogP contribution in [0.2, 0.25) is 0 Å². The zero-order valence-electron chi connectivity index (χ0n) is 39.0. The van der Waals surface area contributed by atoms with Gasteiger partial charge in [-0.2, -0.15) is 0 Å². The van der Waals surface area contributed by atoms with Crippen LogP contribution < -0.4 is 0 Å². The molecule has 0 bridgehead atoms. The van der Waals surface area contributed by atoms with E-state index in [9.17, 15) is 70.6 Å². The van der Waals surface area contributed by atoms with Crippen molar-refractivity contribution in [3.63, 3.8) is 0 Å². The van der Waals surface area contributed by atoms with E-state index in [-0.39, 0.29) is 36.0 Å². The minimum atomic E-state index is -2.14. The maximum atomic E-state index is 13.8. The average Bonchev–Trinajstić information content (AvgIpc) is 3.26. The lowest BCUT2D eigenvalue weighted by atomic mass is 9.33. The highest BCUT2D eigenvalue weighted by Crippen LogP contribution is 2.76. The molecule has 3 saturated heterocycles. The van der Waals surface area contributed by atoms with Crippen LogP contribution >= 0.6 is 0 Å². The molecular formula is C47H72O20. The molecule has 8 aliphatic rings. The minimum Gasteiger partial charge on any atom is -0.481 e. The fraction of sp³-hybridized carbons (Fsp3) is 0.894. The number of carbonyl (C=O) groups excluding carboxylic acids is 1. The van der Waals surface area contributed by atoms with Gasteiger partial charge in [-0.05, 0) is 97.2 Å². The Hall–Kier alpha value is -2.25. The number of aliphatic hydroxyl groups is 9. The van der Waals surface area contributed by atoms with Crippen molar-refractivity contribution in [2.45, 2.75) is 198 Å². The number of allylic oxidation sites excluding steroid dienone is 2. The highest BCUT2D eigenvalue weighted by molar-refractivity contribution is 5.78. The van der Waals surface area contributed by atoms with Crippen LogP contribution in [0, 0.1) is 50.2 Å². The van der Waals surface area contributed by atoms with Gasteiger partial charge in [0.25, 0.3) is 0 Å². The number of aliphatic carboxylic acids is 2. The summed E-state index contributed by atoms with van der Waals surface area (Å²) in [5, 5.41) is 118. The summed E-state index contributed by atoms with van der Waals surface area (Å²) in [4.78, 5) is 39.8. The number of hydrogen-bond donors (Lipinski definition) is 11. The van der Waals surface area contributed by atoms with Crippen LogP contribution in [0.15, 0.2) is 11.6 Å². The smallest absolute Gasteiger partial charge is 0.335 e. The lowest BCUT2D eigenvalue weighted by Gasteiger charge is -2.71. The Morgan fingerprint density at radius 1 is 0.731 bits per heavy atom. The third-order valence-electron chi connectivity index (χ3n) is 18.9. The van der Waals surface area contributed by atoms with E-state index in [4.69, 9.17) is 28.4 Å². The largest absolute Gasteiger partial charge is 0.481 e. The van der Waals surface area contributed by atoms with Crippen LogP contribution in [-0.4, -0.2) is 186 Å². The molecule has 20 heteroatoms. The molecule has 0 spiro atoms. The second-order valence-electron chi connectivity index (χ2n) is 22.8. The normalized spacial score (nSPS) is 54.0. The molecule has 4 saturated carbocycles. The topological polar surface area (TPSA) is 329 Å². The van der Waals surface area contributed by atoms with Gasteiger partial charge in [0.2, 0.25) is 0 Å². The molecule has 0 aromatic rings. The van der Waals surface area contributed by atoms with Crippen LogP contribution in [0.1, 0.15) is 99.3 Å². The van der Waals surface area contributed by atoms with Crippen molar-refractivity contribution in [1.29, 1.82) is 0 Å². The molecule has 0 amide bonds. The van der Waals surface area contributed by atoms with E-state index >= 15 is 0 Å². The first-order chi connectivity index (χ1) is 31.3. The van der Waals surface area contributed by atoms with Gasteiger partial charge in [0.05, 0.1) is 30.8 Å². The van der Waals surface area contributed by atoms with E-state index in [2.05, 4.69) is 40.7 Å². The summed E-state index contributed by atoms with van der Waals surface area (Å²) < 4.78 is 35.9. The van der Waals surface area contributed by atoms with Crippen LogP contribution in [0.3, 0.4) is 0 Å². The Kier molecular flexibility index (Phi) is 13.6. The Labute approximate surface area is 389 Å². The van der Waals surface area contributed by atoms with E-state index in [0.29, 0.717) is 44.9 Å². The molecule has 0 aromatic carbocycles. The molecule has 0 radical (unpaired) electrons. The Morgan fingerprint density at radius 3 is 2.04 bits per heavy atom. The Morgan fingerprint density at radius 2 is 1.40 bits per heavy atom.